The summed E-state index contributed by atoms with van der Waals surface area (Å²) >= 11 is 6.55. The standard InChI is InChI=1S/C16H24ClN3/c1-13(19-11-7-18-8-12-19)16-14(17)5-4-6-15(16)20-9-2-3-10-20/h4-6,13,18H,2-3,7-12H2,1H3. The molecule has 4 heteroatoms. The van der Waals surface area contributed by atoms with E-state index in [9.17, 15) is 0 Å². The minimum atomic E-state index is 0.390. The Kier molecular flexibility index (Phi) is 4.49. The van der Waals surface area contributed by atoms with Gasteiger partial charge in [-0.05, 0) is 31.9 Å². The van der Waals surface area contributed by atoms with Gasteiger partial charge in [-0.15, -0.1) is 0 Å². The maximum Gasteiger partial charge on any atom is 0.0474 e. The molecule has 20 heavy (non-hydrogen) atoms. The first-order valence-corrected chi connectivity index (χ1v) is 8.13. The van der Waals surface area contributed by atoms with Gasteiger partial charge in [0, 0.05) is 61.6 Å². The zero-order valence-electron chi connectivity index (χ0n) is 12.2. The van der Waals surface area contributed by atoms with Gasteiger partial charge in [0.1, 0.15) is 0 Å². The predicted molar refractivity (Wildman–Crippen MR) is 85.8 cm³/mol. The van der Waals surface area contributed by atoms with Gasteiger partial charge in [-0.2, -0.15) is 0 Å². The van der Waals surface area contributed by atoms with E-state index in [2.05, 4.69) is 34.2 Å². The lowest BCUT2D eigenvalue weighted by atomic mass is 10.0. The van der Waals surface area contributed by atoms with Crippen LogP contribution < -0.4 is 10.2 Å². The summed E-state index contributed by atoms with van der Waals surface area (Å²) in [5.41, 5.74) is 2.67. The Morgan fingerprint density at radius 3 is 2.50 bits per heavy atom. The molecule has 1 atom stereocenters. The second-order valence-electron chi connectivity index (χ2n) is 5.83. The SMILES string of the molecule is CC(c1c(Cl)cccc1N1CCCC1)N1CCNCC1. The molecule has 2 heterocycles. The quantitative estimate of drug-likeness (QED) is 0.924. The van der Waals surface area contributed by atoms with Gasteiger partial charge in [0.05, 0.1) is 0 Å². The van der Waals surface area contributed by atoms with Crippen molar-refractivity contribution in [3.8, 4) is 0 Å². The number of halogens is 1. The van der Waals surface area contributed by atoms with Crippen molar-refractivity contribution in [2.75, 3.05) is 44.2 Å². The molecular formula is C16H24ClN3. The lowest BCUT2D eigenvalue weighted by molar-refractivity contribution is 0.186. The van der Waals surface area contributed by atoms with Crippen molar-refractivity contribution < 1.29 is 0 Å². The number of rotatable bonds is 3. The summed E-state index contributed by atoms with van der Waals surface area (Å²) in [6, 6.07) is 6.76. The van der Waals surface area contributed by atoms with Gasteiger partial charge in [-0.1, -0.05) is 17.7 Å². The summed E-state index contributed by atoms with van der Waals surface area (Å²) < 4.78 is 0. The van der Waals surface area contributed by atoms with Crippen molar-refractivity contribution in [1.82, 2.24) is 10.2 Å². The molecule has 1 aromatic rings. The first-order valence-electron chi connectivity index (χ1n) is 7.75. The topological polar surface area (TPSA) is 18.5 Å². The zero-order valence-corrected chi connectivity index (χ0v) is 13.0. The van der Waals surface area contributed by atoms with Crippen LogP contribution in [0.3, 0.4) is 0 Å². The van der Waals surface area contributed by atoms with Crippen molar-refractivity contribution in [3.63, 3.8) is 0 Å². The Morgan fingerprint density at radius 2 is 1.80 bits per heavy atom. The number of piperazine rings is 1. The highest BCUT2D eigenvalue weighted by Crippen LogP contribution is 2.37. The van der Waals surface area contributed by atoms with Crippen LogP contribution in [0.5, 0.6) is 0 Å². The van der Waals surface area contributed by atoms with Crippen LogP contribution in [-0.4, -0.2) is 44.2 Å². The van der Waals surface area contributed by atoms with Gasteiger partial charge in [0.15, 0.2) is 0 Å². The van der Waals surface area contributed by atoms with E-state index >= 15 is 0 Å². The lowest BCUT2D eigenvalue weighted by Gasteiger charge is -2.35. The zero-order chi connectivity index (χ0) is 13.9. The van der Waals surface area contributed by atoms with E-state index in [1.165, 1.54) is 37.2 Å². The van der Waals surface area contributed by atoms with Crippen LogP contribution in [0, 0.1) is 0 Å². The molecule has 2 aliphatic heterocycles. The molecule has 110 valence electrons. The monoisotopic (exact) mass is 293 g/mol. The van der Waals surface area contributed by atoms with Gasteiger partial charge in [-0.25, -0.2) is 0 Å². The highest BCUT2D eigenvalue weighted by atomic mass is 35.5. The number of hydrogen-bond donors (Lipinski definition) is 1. The molecule has 3 rings (SSSR count). The largest absolute Gasteiger partial charge is 0.371 e. The fourth-order valence-corrected chi connectivity index (χ4v) is 3.75. The van der Waals surface area contributed by atoms with Gasteiger partial charge < -0.3 is 10.2 Å². The summed E-state index contributed by atoms with van der Waals surface area (Å²) in [6.45, 7) is 8.99. The predicted octanol–water partition coefficient (Wildman–Crippen LogP) is 2.91. The van der Waals surface area contributed by atoms with Crippen molar-refractivity contribution in [2.45, 2.75) is 25.8 Å². The van der Waals surface area contributed by atoms with Crippen LogP contribution in [0.1, 0.15) is 31.4 Å². The fraction of sp³-hybridized carbons (Fsp3) is 0.625. The highest BCUT2D eigenvalue weighted by Gasteiger charge is 2.25. The molecule has 1 N–H and O–H groups in total. The second-order valence-corrected chi connectivity index (χ2v) is 6.24. The molecule has 0 saturated carbocycles. The van der Waals surface area contributed by atoms with Crippen LogP contribution in [0.2, 0.25) is 5.02 Å². The normalized spacial score (nSPS) is 22.2. The Morgan fingerprint density at radius 1 is 1.10 bits per heavy atom. The lowest BCUT2D eigenvalue weighted by Crippen LogP contribution is -2.44. The molecule has 0 aliphatic carbocycles. The number of hydrogen-bond acceptors (Lipinski definition) is 3. The average Bonchev–Trinajstić information content (AvgIpc) is 3.01. The Hall–Kier alpha value is -0.770. The summed E-state index contributed by atoms with van der Waals surface area (Å²) in [6.07, 6.45) is 2.60. The van der Waals surface area contributed by atoms with E-state index in [4.69, 9.17) is 11.6 Å². The maximum atomic E-state index is 6.55. The molecule has 0 aromatic heterocycles. The van der Waals surface area contributed by atoms with Gasteiger partial charge >= 0.3 is 0 Å². The minimum absolute atomic E-state index is 0.390. The average molecular weight is 294 g/mol. The third kappa shape index (κ3) is 2.80. The Labute approximate surface area is 126 Å². The van der Waals surface area contributed by atoms with Crippen molar-refractivity contribution in [1.29, 1.82) is 0 Å². The molecule has 2 saturated heterocycles. The van der Waals surface area contributed by atoms with Gasteiger partial charge in [-0.3, -0.25) is 4.90 Å². The van der Waals surface area contributed by atoms with E-state index in [1.54, 1.807) is 0 Å². The number of benzene rings is 1. The first-order chi connectivity index (χ1) is 9.77. The molecule has 2 fully saturated rings. The summed E-state index contributed by atoms with van der Waals surface area (Å²) in [7, 11) is 0. The van der Waals surface area contributed by atoms with E-state index in [1.807, 2.05) is 6.07 Å². The molecule has 2 aliphatic rings. The summed E-state index contributed by atoms with van der Waals surface area (Å²) in [4.78, 5) is 5.04. The molecule has 0 bridgehead atoms. The van der Waals surface area contributed by atoms with Gasteiger partial charge in [0.25, 0.3) is 0 Å². The first kappa shape index (κ1) is 14.2. The third-order valence-electron chi connectivity index (χ3n) is 4.59. The Balaban J connectivity index is 1.89. The van der Waals surface area contributed by atoms with E-state index < -0.39 is 0 Å². The van der Waals surface area contributed by atoms with Crippen LogP contribution in [0.4, 0.5) is 5.69 Å². The van der Waals surface area contributed by atoms with Crippen LogP contribution >= 0.6 is 11.6 Å². The molecule has 1 aromatic carbocycles. The van der Waals surface area contributed by atoms with Crippen LogP contribution in [0.25, 0.3) is 0 Å². The summed E-state index contributed by atoms with van der Waals surface area (Å²) in [5.74, 6) is 0. The Bertz CT molecular complexity index is 451. The smallest absolute Gasteiger partial charge is 0.0474 e. The van der Waals surface area contributed by atoms with E-state index in [0.29, 0.717) is 6.04 Å². The number of anilines is 1. The number of nitrogens with one attached hydrogen (secondary N) is 1. The number of nitrogens with zero attached hydrogens (tertiary/aromatic N) is 2. The molecule has 1 unspecified atom stereocenters. The van der Waals surface area contributed by atoms with Crippen LogP contribution in [-0.2, 0) is 0 Å². The second kappa shape index (κ2) is 6.33. The van der Waals surface area contributed by atoms with Gasteiger partial charge in [0.2, 0.25) is 0 Å². The molecule has 0 spiro atoms. The van der Waals surface area contributed by atoms with E-state index in [0.717, 1.165) is 31.2 Å². The summed E-state index contributed by atoms with van der Waals surface area (Å²) in [5, 5.41) is 4.34. The highest BCUT2D eigenvalue weighted by molar-refractivity contribution is 6.31. The third-order valence-corrected chi connectivity index (χ3v) is 4.92. The van der Waals surface area contributed by atoms with Crippen molar-refractivity contribution in [2.24, 2.45) is 0 Å². The van der Waals surface area contributed by atoms with Crippen molar-refractivity contribution in [3.05, 3.63) is 28.8 Å². The van der Waals surface area contributed by atoms with Crippen molar-refractivity contribution >= 4 is 17.3 Å². The molecule has 3 nitrogen and oxygen atoms in total. The molecular weight excluding hydrogens is 270 g/mol. The minimum Gasteiger partial charge on any atom is -0.371 e. The maximum absolute atomic E-state index is 6.55. The molecule has 0 radical (unpaired) electrons. The van der Waals surface area contributed by atoms with Crippen LogP contribution in [0.15, 0.2) is 18.2 Å². The molecule has 0 amide bonds. The fourth-order valence-electron chi connectivity index (χ4n) is 3.43. The van der Waals surface area contributed by atoms with E-state index in [-0.39, 0.29) is 0 Å².